The summed E-state index contributed by atoms with van der Waals surface area (Å²) in [5, 5.41) is 46.8. The minimum Gasteiger partial charge on any atom is -0.507 e. The van der Waals surface area contributed by atoms with E-state index in [0.29, 0.717) is 22.6 Å². The molecule has 0 radical (unpaired) electrons. The Kier molecular flexibility index (Phi) is 4.56. The maximum absolute atomic E-state index is 10.1. The van der Waals surface area contributed by atoms with E-state index in [9.17, 15) is 25.2 Å². The third kappa shape index (κ3) is 3.11. The molecule has 0 heterocycles. The molecule has 0 aliphatic carbocycles. The van der Waals surface area contributed by atoms with Gasteiger partial charge in [-0.3, -0.25) is 4.79 Å². The number of hydrogen-bond acceptors (Lipinski definition) is 6. The van der Waals surface area contributed by atoms with Crippen molar-refractivity contribution in [3.8, 4) is 28.7 Å². The highest BCUT2D eigenvalue weighted by molar-refractivity contribution is 5.97. The number of benzene rings is 3. The van der Waals surface area contributed by atoms with Crippen LogP contribution in [0.4, 0.5) is 0 Å². The molecule has 5 N–H and O–H groups in total. The average molecular weight is 314 g/mol. The van der Waals surface area contributed by atoms with Crippen LogP contribution in [0.15, 0.2) is 48.5 Å². The maximum atomic E-state index is 10.1. The summed E-state index contributed by atoms with van der Waals surface area (Å²) in [5.41, 5.74) is 0.331. The second-order valence-corrected chi connectivity index (χ2v) is 4.62. The maximum Gasteiger partial charge on any atom is 0.204 e. The summed E-state index contributed by atoms with van der Waals surface area (Å²) >= 11 is 0. The van der Waals surface area contributed by atoms with Gasteiger partial charge in [0.05, 0.1) is 5.56 Å². The zero-order valence-electron chi connectivity index (χ0n) is 11.8. The summed E-state index contributed by atoms with van der Waals surface area (Å²) in [4.78, 5) is 10.1. The van der Waals surface area contributed by atoms with Crippen LogP contribution in [0.5, 0.6) is 28.7 Å². The number of carbonyl (C=O) groups excluding carboxylic acids is 1. The number of phenolic OH excluding ortho intramolecular Hbond substituents is 5. The summed E-state index contributed by atoms with van der Waals surface area (Å²) in [6, 6.07) is 12.8. The Hall–Kier alpha value is -3.41. The number of phenols is 5. The second kappa shape index (κ2) is 6.57. The molecule has 0 spiro atoms. The molecule has 118 valence electrons. The average Bonchev–Trinajstić information content (AvgIpc) is 2.59. The monoisotopic (exact) mass is 314 g/mol. The van der Waals surface area contributed by atoms with Crippen molar-refractivity contribution < 1.29 is 30.3 Å². The highest BCUT2D eigenvalue weighted by Gasteiger charge is 2.16. The molecule has 0 bridgehead atoms. The van der Waals surface area contributed by atoms with E-state index in [1.165, 1.54) is 18.2 Å². The Morgan fingerprint density at radius 1 is 0.609 bits per heavy atom. The van der Waals surface area contributed by atoms with Crippen molar-refractivity contribution in [3.63, 3.8) is 0 Å². The zero-order chi connectivity index (χ0) is 17.0. The molecule has 0 saturated heterocycles. The first-order valence-electron chi connectivity index (χ1n) is 6.55. The largest absolute Gasteiger partial charge is 0.507 e. The summed E-state index contributed by atoms with van der Waals surface area (Å²) < 4.78 is 0. The van der Waals surface area contributed by atoms with Crippen molar-refractivity contribution >= 4 is 17.1 Å². The number of fused-ring (bicyclic) bond motifs is 1. The van der Waals surface area contributed by atoms with Crippen LogP contribution in [0.1, 0.15) is 10.4 Å². The van der Waals surface area contributed by atoms with E-state index in [4.69, 9.17) is 5.11 Å². The van der Waals surface area contributed by atoms with Crippen LogP contribution in [-0.2, 0) is 0 Å². The quantitative estimate of drug-likeness (QED) is 0.268. The summed E-state index contributed by atoms with van der Waals surface area (Å²) in [5.74, 6) is -2.25. The molecule has 0 unspecified atom stereocenters. The van der Waals surface area contributed by atoms with Gasteiger partial charge in [0, 0.05) is 10.8 Å². The fourth-order valence-electron chi connectivity index (χ4n) is 1.96. The second-order valence-electron chi connectivity index (χ2n) is 4.62. The standard InChI is InChI=1S/C10H8O4.C7H6O2/c11-7-5-3-1-2-4-6(5)8(12)10(14)9(7)13;8-5-6-3-1-2-4-7(6)9/h1-4,11-14H;1-5,9H. The van der Waals surface area contributed by atoms with Crippen LogP contribution in [0, 0.1) is 0 Å². The van der Waals surface area contributed by atoms with E-state index in [2.05, 4.69) is 0 Å². The molecular weight excluding hydrogens is 300 g/mol. The minimum absolute atomic E-state index is 0.0347. The molecule has 0 fully saturated rings. The normalized spacial score (nSPS) is 9.91. The van der Waals surface area contributed by atoms with E-state index in [0.717, 1.165) is 0 Å². The van der Waals surface area contributed by atoms with E-state index < -0.39 is 23.0 Å². The lowest BCUT2D eigenvalue weighted by molar-refractivity contribution is 0.112. The van der Waals surface area contributed by atoms with Gasteiger partial charge in [0.25, 0.3) is 0 Å². The van der Waals surface area contributed by atoms with Gasteiger partial charge >= 0.3 is 0 Å². The van der Waals surface area contributed by atoms with Crippen molar-refractivity contribution in [3.05, 3.63) is 54.1 Å². The molecule has 0 aromatic heterocycles. The van der Waals surface area contributed by atoms with Crippen molar-refractivity contribution in [2.45, 2.75) is 0 Å². The Morgan fingerprint density at radius 3 is 1.43 bits per heavy atom. The van der Waals surface area contributed by atoms with Gasteiger partial charge in [-0.15, -0.1) is 0 Å². The zero-order valence-corrected chi connectivity index (χ0v) is 11.8. The van der Waals surface area contributed by atoms with Gasteiger partial charge in [0.15, 0.2) is 17.8 Å². The molecule has 3 aromatic carbocycles. The molecule has 0 atom stereocenters. The SMILES string of the molecule is O=Cc1ccccc1O.Oc1c(O)c(O)c2ccccc2c1O. The lowest BCUT2D eigenvalue weighted by Crippen LogP contribution is -1.78. The number of aldehydes is 1. The van der Waals surface area contributed by atoms with Gasteiger partial charge in [-0.05, 0) is 12.1 Å². The lowest BCUT2D eigenvalue weighted by atomic mass is 10.1. The van der Waals surface area contributed by atoms with Crippen molar-refractivity contribution in [2.75, 3.05) is 0 Å². The van der Waals surface area contributed by atoms with Crippen LogP contribution in [0.3, 0.4) is 0 Å². The van der Waals surface area contributed by atoms with Crippen LogP contribution in [0.2, 0.25) is 0 Å². The number of hydrogen-bond donors (Lipinski definition) is 5. The molecule has 3 rings (SSSR count). The van der Waals surface area contributed by atoms with Gasteiger partial charge in [0.1, 0.15) is 5.75 Å². The van der Waals surface area contributed by atoms with Gasteiger partial charge in [-0.25, -0.2) is 0 Å². The van der Waals surface area contributed by atoms with Gasteiger partial charge in [0.2, 0.25) is 11.5 Å². The number of aromatic hydroxyl groups is 5. The number of rotatable bonds is 1. The topological polar surface area (TPSA) is 118 Å². The summed E-state index contributed by atoms with van der Waals surface area (Å²) in [7, 11) is 0. The highest BCUT2D eigenvalue weighted by atomic mass is 16.3. The van der Waals surface area contributed by atoms with Crippen molar-refractivity contribution in [1.82, 2.24) is 0 Å². The number of para-hydroxylation sites is 1. The Balaban J connectivity index is 0.000000185. The predicted octanol–water partition coefficient (Wildman–Crippen LogP) is 2.87. The van der Waals surface area contributed by atoms with Crippen LogP contribution < -0.4 is 0 Å². The van der Waals surface area contributed by atoms with Gasteiger partial charge in [-0.2, -0.15) is 0 Å². The molecule has 6 heteroatoms. The molecule has 23 heavy (non-hydrogen) atoms. The molecule has 0 aliphatic heterocycles. The van der Waals surface area contributed by atoms with Crippen molar-refractivity contribution in [1.29, 1.82) is 0 Å². The van der Waals surface area contributed by atoms with Gasteiger partial charge < -0.3 is 25.5 Å². The first kappa shape index (κ1) is 16.0. The fourth-order valence-corrected chi connectivity index (χ4v) is 1.96. The predicted molar refractivity (Wildman–Crippen MR) is 84.1 cm³/mol. The van der Waals surface area contributed by atoms with Crippen molar-refractivity contribution in [2.24, 2.45) is 0 Å². The van der Waals surface area contributed by atoms with Crippen LogP contribution in [0.25, 0.3) is 10.8 Å². The minimum atomic E-state index is -0.707. The fraction of sp³-hybridized carbons (Fsp3) is 0. The molecule has 0 amide bonds. The van der Waals surface area contributed by atoms with Crippen LogP contribution >= 0.6 is 0 Å². The molecule has 0 saturated carbocycles. The summed E-state index contributed by atoms with van der Waals surface area (Å²) in [6.07, 6.45) is 0.620. The Morgan fingerprint density at radius 2 is 1.04 bits per heavy atom. The lowest BCUT2D eigenvalue weighted by Gasteiger charge is -2.07. The molecule has 0 aliphatic rings. The number of carbonyl (C=O) groups is 1. The van der Waals surface area contributed by atoms with E-state index in [1.807, 2.05) is 0 Å². The molecular formula is C17H14O6. The van der Waals surface area contributed by atoms with E-state index in [-0.39, 0.29) is 5.75 Å². The Labute approximate surface area is 131 Å². The first-order valence-corrected chi connectivity index (χ1v) is 6.55. The highest BCUT2D eigenvalue weighted by Crippen LogP contribution is 2.48. The first-order chi connectivity index (χ1) is 11.0. The summed E-state index contributed by atoms with van der Waals surface area (Å²) in [6.45, 7) is 0. The van der Waals surface area contributed by atoms with Gasteiger partial charge in [-0.1, -0.05) is 36.4 Å². The molecule has 3 aromatic rings. The van der Waals surface area contributed by atoms with E-state index >= 15 is 0 Å². The third-order valence-electron chi connectivity index (χ3n) is 3.17. The third-order valence-corrected chi connectivity index (χ3v) is 3.17. The molecule has 6 nitrogen and oxygen atoms in total. The smallest absolute Gasteiger partial charge is 0.204 e. The Bertz CT molecular complexity index is 811. The van der Waals surface area contributed by atoms with E-state index in [1.54, 1.807) is 30.3 Å². The van der Waals surface area contributed by atoms with Crippen LogP contribution in [-0.4, -0.2) is 31.8 Å².